The molecule has 11 nitrogen and oxygen atoms in total. The first-order valence-corrected chi connectivity index (χ1v) is 11.0. The fraction of sp³-hybridized carbons (Fsp3) is 0.304. The van der Waals surface area contributed by atoms with Crippen LogP contribution in [0.4, 0.5) is 29.0 Å². The molecule has 0 saturated carbocycles. The van der Waals surface area contributed by atoms with Crippen molar-refractivity contribution in [3.63, 3.8) is 0 Å². The number of β-amino-alcohol motifs (C(OH)–C–C–N with tert-alkyl or cyclic N) is 1. The quantitative estimate of drug-likeness (QED) is 0.506. The molecule has 3 aromatic rings. The number of aliphatic hydroxyl groups excluding tert-OH is 1. The Morgan fingerprint density at radius 3 is 2.85 bits per heavy atom. The average Bonchev–Trinajstić information content (AvgIpc) is 3.41. The number of hydrogen-bond acceptors (Lipinski definition) is 9. The number of benzene rings is 1. The Morgan fingerprint density at radius 1 is 1.24 bits per heavy atom. The van der Waals surface area contributed by atoms with Crippen molar-refractivity contribution in [3.8, 4) is 17.6 Å². The van der Waals surface area contributed by atoms with Crippen molar-refractivity contribution in [1.29, 1.82) is 5.26 Å². The lowest BCUT2D eigenvalue weighted by atomic mass is 9.99. The van der Waals surface area contributed by atoms with Crippen molar-refractivity contribution in [3.05, 3.63) is 29.3 Å². The number of nitrogens with zero attached hydrogens (tertiary/aromatic N) is 4. The van der Waals surface area contributed by atoms with E-state index >= 15 is 0 Å². The maximum absolute atomic E-state index is 13.2. The molecule has 172 valence electrons. The minimum atomic E-state index is -0.498. The Hall–Kier alpha value is -4.30. The molecular formula is C23H22N7O4+. The number of nitrogens with one attached hydrogen (secondary N) is 1. The minimum absolute atomic E-state index is 0.0355. The molecule has 5 heterocycles. The number of piperidine rings is 1. The topological polar surface area (TPSA) is 165 Å². The zero-order valence-corrected chi connectivity index (χ0v) is 18.2. The maximum Gasteiger partial charge on any atom is 0.240 e. The van der Waals surface area contributed by atoms with Crippen LogP contribution < -0.4 is 35.7 Å². The van der Waals surface area contributed by atoms with Crippen LogP contribution in [0.2, 0.25) is 0 Å². The van der Waals surface area contributed by atoms with Crippen LogP contribution in [-0.2, 0) is 11.2 Å². The highest BCUT2D eigenvalue weighted by Crippen LogP contribution is 2.45. The lowest BCUT2D eigenvalue weighted by molar-refractivity contribution is -0.345. The number of fused-ring (bicyclic) bond motifs is 4. The van der Waals surface area contributed by atoms with Gasteiger partial charge in [0.2, 0.25) is 24.3 Å². The van der Waals surface area contributed by atoms with Gasteiger partial charge in [-0.05, 0) is 25.0 Å². The van der Waals surface area contributed by atoms with E-state index in [-0.39, 0.29) is 30.8 Å². The summed E-state index contributed by atoms with van der Waals surface area (Å²) in [6.45, 7) is 1.16. The zero-order chi connectivity index (χ0) is 23.6. The molecule has 1 saturated heterocycles. The molecule has 0 aliphatic carbocycles. The Morgan fingerprint density at radius 2 is 2.06 bits per heavy atom. The minimum Gasteiger partial charge on any atom is -0.454 e. The van der Waals surface area contributed by atoms with Crippen LogP contribution in [0.5, 0.6) is 11.5 Å². The first-order valence-electron chi connectivity index (χ1n) is 11.0. The molecule has 3 aliphatic heterocycles. The van der Waals surface area contributed by atoms with E-state index in [1.807, 2.05) is 4.90 Å². The Labute approximate surface area is 194 Å². The van der Waals surface area contributed by atoms with Crippen molar-refractivity contribution in [2.24, 2.45) is 0 Å². The average molecular weight is 460 g/mol. The normalized spacial score (nSPS) is 18.9. The largest absolute Gasteiger partial charge is 0.454 e. The van der Waals surface area contributed by atoms with Gasteiger partial charge in [-0.1, -0.05) is 0 Å². The number of H-pyrrole nitrogens is 1. The first kappa shape index (κ1) is 20.3. The standard InChI is InChI=1S/C23H21N7O4/c24-8-14-18-13-7-17(32)30(11-3-4-15-16(6-11)34-10-33-15)23(13)28-21(26)19(18)20(25)27-22(14)29-5-1-2-12(31)9-29/h3-4,6,12,31H,1-2,5,7,9-10H2,(H2,25,27)(H2,26,28)/p+1/t12-/m1/s1. The Balaban J connectivity index is 1.57. The molecule has 0 unspecified atom stereocenters. The number of anilines is 5. The SMILES string of the molecule is N#Cc1c(N2CCC[C@@H](O)C2)[nH+]c(N)c2c(N)nc3c(c12)CC(=O)N3c1ccc2c(c1)OCO2. The number of nitrogens with two attached hydrogens (primary N) is 2. The van der Waals surface area contributed by atoms with Crippen LogP contribution >= 0.6 is 0 Å². The summed E-state index contributed by atoms with van der Waals surface area (Å²) in [5, 5.41) is 21.3. The van der Waals surface area contributed by atoms with E-state index in [9.17, 15) is 15.2 Å². The summed E-state index contributed by atoms with van der Waals surface area (Å²) in [5.41, 5.74) is 14.2. The molecule has 2 aromatic heterocycles. The van der Waals surface area contributed by atoms with Crippen LogP contribution in [0.15, 0.2) is 18.2 Å². The second kappa shape index (κ2) is 7.36. The van der Waals surface area contributed by atoms with Gasteiger partial charge in [-0.3, -0.25) is 14.6 Å². The highest BCUT2D eigenvalue weighted by molar-refractivity contribution is 6.15. The Bertz CT molecular complexity index is 1420. The smallest absolute Gasteiger partial charge is 0.240 e. The van der Waals surface area contributed by atoms with E-state index < -0.39 is 6.10 Å². The number of ether oxygens (including phenoxy) is 2. The number of carbonyl (C=O) groups is 1. The molecule has 0 bridgehead atoms. The molecule has 11 heteroatoms. The highest BCUT2D eigenvalue weighted by Gasteiger charge is 2.37. The van der Waals surface area contributed by atoms with Crippen molar-refractivity contribution in [2.45, 2.75) is 25.4 Å². The van der Waals surface area contributed by atoms with Crippen molar-refractivity contribution < 1.29 is 24.4 Å². The van der Waals surface area contributed by atoms with Crippen molar-refractivity contribution in [2.75, 3.05) is 41.1 Å². The number of nitrogen functional groups attached to an aromatic ring is 2. The molecular weight excluding hydrogens is 438 g/mol. The molecule has 6 N–H and O–H groups in total. The van der Waals surface area contributed by atoms with E-state index in [4.69, 9.17) is 20.9 Å². The summed E-state index contributed by atoms with van der Waals surface area (Å²) in [5.74, 6) is 2.17. The third-order valence-electron chi connectivity index (χ3n) is 6.54. The number of amides is 1. The lowest BCUT2D eigenvalue weighted by Gasteiger charge is -2.28. The number of aliphatic hydroxyl groups is 1. The summed E-state index contributed by atoms with van der Waals surface area (Å²) in [6, 6.07) is 7.49. The van der Waals surface area contributed by atoms with E-state index in [0.29, 0.717) is 70.2 Å². The van der Waals surface area contributed by atoms with Crippen molar-refractivity contribution in [1.82, 2.24) is 4.98 Å². The number of aromatic amines is 1. The second-order valence-electron chi connectivity index (χ2n) is 8.61. The molecule has 0 spiro atoms. The number of rotatable bonds is 2. The fourth-order valence-electron chi connectivity index (χ4n) is 5.04. The van der Waals surface area contributed by atoms with Gasteiger partial charge in [0, 0.05) is 17.0 Å². The van der Waals surface area contributed by atoms with Crippen LogP contribution in [0, 0.1) is 11.3 Å². The number of aromatic nitrogens is 2. The summed E-state index contributed by atoms with van der Waals surface area (Å²) in [6.07, 6.45) is 1.02. The van der Waals surface area contributed by atoms with E-state index in [1.165, 1.54) is 4.90 Å². The molecule has 6 rings (SSSR count). The molecule has 1 atom stereocenters. The van der Waals surface area contributed by atoms with Gasteiger partial charge in [0.25, 0.3) is 0 Å². The maximum atomic E-state index is 13.2. The zero-order valence-electron chi connectivity index (χ0n) is 18.2. The molecule has 1 fully saturated rings. The Kier molecular flexibility index (Phi) is 4.40. The second-order valence-corrected chi connectivity index (χ2v) is 8.61. The predicted molar refractivity (Wildman–Crippen MR) is 123 cm³/mol. The van der Waals surface area contributed by atoms with Gasteiger partial charge >= 0.3 is 0 Å². The van der Waals surface area contributed by atoms with Crippen LogP contribution in [0.3, 0.4) is 0 Å². The molecule has 1 aromatic carbocycles. The molecule has 3 aliphatic rings. The van der Waals surface area contributed by atoms with Crippen LogP contribution in [-0.4, -0.2) is 42.0 Å². The third kappa shape index (κ3) is 2.89. The summed E-state index contributed by atoms with van der Waals surface area (Å²) in [7, 11) is 0. The molecule has 1 amide bonds. The number of nitriles is 1. The van der Waals surface area contributed by atoms with Gasteiger partial charge in [0.05, 0.1) is 36.7 Å². The van der Waals surface area contributed by atoms with Crippen LogP contribution in [0.1, 0.15) is 24.0 Å². The monoisotopic (exact) mass is 460 g/mol. The number of carbonyl (C=O) groups excluding carboxylic acids is 1. The van der Waals surface area contributed by atoms with Gasteiger partial charge in [-0.2, -0.15) is 5.26 Å². The van der Waals surface area contributed by atoms with Gasteiger partial charge in [0.15, 0.2) is 11.5 Å². The van der Waals surface area contributed by atoms with Gasteiger partial charge < -0.3 is 26.0 Å². The number of pyridine rings is 2. The summed E-state index contributed by atoms with van der Waals surface area (Å²) < 4.78 is 10.8. The van der Waals surface area contributed by atoms with Gasteiger partial charge in [0.1, 0.15) is 23.3 Å². The first-order chi connectivity index (χ1) is 16.5. The van der Waals surface area contributed by atoms with E-state index in [2.05, 4.69) is 16.0 Å². The highest BCUT2D eigenvalue weighted by atomic mass is 16.7. The molecule has 34 heavy (non-hydrogen) atoms. The van der Waals surface area contributed by atoms with Gasteiger partial charge in [-0.15, -0.1) is 0 Å². The van der Waals surface area contributed by atoms with Crippen LogP contribution in [0.25, 0.3) is 10.8 Å². The van der Waals surface area contributed by atoms with E-state index in [1.54, 1.807) is 18.2 Å². The third-order valence-corrected chi connectivity index (χ3v) is 6.54. The predicted octanol–water partition coefficient (Wildman–Crippen LogP) is 0.996. The van der Waals surface area contributed by atoms with Gasteiger partial charge in [-0.25, -0.2) is 9.97 Å². The summed E-state index contributed by atoms with van der Waals surface area (Å²) in [4.78, 5) is 24.2. The molecule has 0 radical (unpaired) electrons. The fourth-order valence-corrected chi connectivity index (χ4v) is 5.04. The lowest BCUT2D eigenvalue weighted by Crippen LogP contribution is -2.42. The van der Waals surface area contributed by atoms with E-state index in [0.717, 1.165) is 6.42 Å². The number of hydrogen-bond donors (Lipinski definition) is 3. The van der Waals surface area contributed by atoms with Crippen molar-refractivity contribution >= 4 is 45.6 Å². The summed E-state index contributed by atoms with van der Waals surface area (Å²) >= 11 is 0.